The molecule has 0 unspecified atom stereocenters. The maximum atomic E-state index is 13.5. The number of aromatic nitrogens is 1. The molecule has 1 amide bonds. The number of nitrogens with two attached hydrogens (primary N) is 1. The molecule has 2 rings (SSSR count). The van der Waals surface area contributed by atoms with Crippen molar-refractivity contribution in [1.82, 2.24) is 4.98 Å². The molecule has 7 heteroatoms. The van der Waals surface area contributed by atoms with Gasteiger partial charge in [-0.1, -0.05) is 6.07 Å². The first kappa shape index (κ1) is 13.5. The number of nitrogens with zero attached hydrogens (tertiary/aromatic N) is 1. The quantitative estimate of drug-likeness (QED) is 0.791. The number of carbonyl (C=O) groups excluding carboxylic acids is 1. The number of carboxylic acids is 1. The molecule has 0 fully saturated rings. The van der Waals surface area contributed by atoms with E-state index in [0.717, 1.165) is 6.07 Å². The van der Waals surface area contributed by atoms with Crippen molar-refractivity contribution in [2.24, 2.45) is 0 Å². The fourth-order valence-electron chi connectivity index (χ4n) is 1.63. The van der Waals surface area contributed by atoms with Crippen molar-refractivity contribution in [2.45, 2.75) is 0 Å². The van der Waals surface area contributed by atoms with E-state index >= 15 is 0 Å². The lowest BCUT2D eigenvalue weighted by molar-refractivity contribution is 0.0693. The minimum absolute atomic E-state index is 0.0619. The molecule has 0 bridgehead atoms. The number of hydrogen-bond donors (Lipinski definition) is 3. The Labute approximate surface area is 113 Å². The topological polar surface area (TPSA) is 105 Å². The van der Waals surface area contributed by atoms with Gasteiger partial charge < -0.3 is 16.2 Å². The number of nitrogen functional groups attached to an aromatic ring is 1. The largest absolute Gasteiger partial charge is 0.478 e. The summed E-state index contributed by atoms with van der Waals surface area (Å²) in [6.45, 7) is 0. The van der Waals surface area contributed by atoms with Gasteiger partial charge in [-0.15, -0.1) is 0 Å². The van der Waals surface area contributed by atoms with Crippen molar-refractivity contribution in [2.75, 3.05) is 11.1 Å². The van der Waals surface area contributed by atoms with E-state index in [1.165, 1.54) is 24.4 Å². The van der Waals surface area contributed by atoms with Crippen LogP contribution in [0.1, 0.15) is 20.8 Å². The van der Waals surface area contributed by atoms with Crippen LogP contribution < -0.4 is 11.1 Å². The molecule has 0 saturated carbocycles. The number of nitrogens with one attached hydrogen (secondary N) is 1. The Morgan fingerprint density at radius 2 is 2.00 bits per heavy atom. The number of halogens is 1. The summed E-state index contributed by atoms with van der Waals surface area (Å²) in [5.41, 5.74) is 4.89. The minimum Gasteiger partial charge on any atom is -0.478 e. The summed E-state index contributed by atoms with van der Waals surface area (Å²) >= 11 is 0. The zero-order valence-corrected chi connectivity index (χ0v) is 10.1. The number of carboxylic acid groups (broad SMARTS) is 1. The predicted octanol–water partition coefficient (Wildman–Crippen LogP) is 1.75. The van der Waals surface area contributed by atoms with Gasteiger partial charge in [-0.3, -0.25) is 4.79 Å². The lowest BCUT2D eigenvalue weighted by atomic mass is 10.1. The summed E-state index contributed by atoms with van der Waals surface area (Å²) in [5.74, 6) is -3.13. The van der Waals surface area contributed by atoms with E-state index in [4.69, 9.17) is 10.8 Å². The van der Waals surface area contributed by atoms with Crippen molar-refractivity contribution in [3.63, 3.8) is 0 Å². The number of carbonyl (C=O) groups is 2. The number of pyridine rings is 1. The van der Waals surface area contributed by atoms with Crippen LogP contribution in [-0.4, -0.2) is 22.0 Å². The number of amides is 1. The van der Waals surface area contributed by atoms with Gasteiger partial charge in [0.15, 0.2) is 5.69 Å². The maximum Gasteiger partial charge on any atom is 0.340 e. The van der Waals surface area contributed by atoms with Crippen molar-refractivity contribution in [3.05, 3.63) is 53.6 Å². The summed E-state index contributed by atoms with van der Waals surface area (Å²) in [7, 11) is 0. The Balaban J connectivity index is 2.36. The minimum atomic E-state index is -1.48. The van der Waals surface area contributed by atoms with Crippen molar-refractivity contribution < 1.29 is 19.1 Å². The molecule has 0 atom stereocenters. The molecule has 0 aliphatic heterocycles. The second-order valence-electron chi connectivity index (χ2n) is 3.86. The first-order valence-electron chi connectivity index (χ1n) is 5.54. The third kappa shape index (κ3) is 2.56. The number of rotatable bonds is 3. The van der Waals surface area contributed by atoms with Crippen LogP contribution in [0.5, 0.6) is 0 Å². The van der Waals surface area contributed by atoms with E-state index in [2.05, 4.69) is 10.3 Å². The molecular weight excluding hydrogens is 265 g/mol. The van der Waals surface area contributed by atoms with E-state index in [-0.39, 0.29) is 17.1 Å². The molecule has 20 heavy (non-hydrogen) atoms. The van der Waals surface area contributed by atoms with Gasteiger partial charge >= 0.3 is 5.97 Å². The monoisotopic (exact) mass is 275 g/mol. The summed E-state index contributed by atoms with van der Waals surface area (Å²) in [5, 5.41) is 11.2. The molecular formula is C13H10FN3O3. The molecule has 2 aromatic rings. The average molecular weight is 275 g/mol. The molecule has 0 radical (unpaired) electrons. The zero-order valence-electron chi connectivity index (χ0n) is 10.1. The van der Waals surface area contributed by atoms with Crippen molar-refractivity contribution >= 4 is 23.3 Å². The molecule has 6 nitrogen and oxygen atoms in total. The molecule has 0 saturated heterocycles. The normalized spacial score (nSPS) is 10.1. The average Bonchev–Trinajstić information content (AvgIpc) is 2.38. The van der Waals surface area contributed by atoms with Gasteiger partial charge in [0.1, 0.15) is 11.4 Å². The van der Waals surface area contributed by atoms with E-state index in [9.17, 15) is 14.0 Å². The Bertz CT molecular complexity index is 688. The molecule has 1 aromatic heterocycles. The standard InChI is InChI=1S/C13H10FN3O3/c14-7-3-1-5-9(10(7)13(19)20)17-12(18)11-8(15)4-2-6-16-11/h1-6H,15H2,(H,17,18)(H,19,20). The SMILES string of the molecule is Nc1cccnc1C(=O)Nc1cccc(F)c1C(=O)O. The smallest absolute Gasteiger partial charge is 0.340 e. The zero-order chi connectivity index (χ0) is 14.7. The molecule has 0 spiro atoms. The van der Waals surface area contributed by atoms with Crippen LogP contribution in [0.3, 0.4) is 0 Å². The highest BCUT2D eigenvalue weighted by molar-refractivity contribution is 6.09. The van der Waals surface area contributed by atoms with Crippen molar-refractivity contribution in [1.29, 1.82) is 0 Å². The highest BCUT2D eigenvalue weighted by Crippen LogP contribution is 2.20. The van der Waals surface area contributed by atoms with Crippen LogP contribution in [0.4, 0.5) is 15.8 Å². The second-order valence-corrected chi connectivity index (χ2v) is 3.86. The van der Waals surface area contributed by atoms with E-state index in [1.54, 1.807) is 6.07 Å². The lowest BCUT2D eigenvalue weighted by Gasteiger charge is -2.09. The first-order chi connectivity index (χ1) is 9.50. The van der Waals surface area contributed by atoms with Crippen LogP contribution in [0, 0.1) is 5.82 Å². The third-order valence-corrected chi connectivity index (χ3v) is 2.53. The third-order valence-electron chi connectivity index (χ3n) is 2.53. The highest BCUT2D eigenvalue weighted by Gasteiger charge is 2.19. The fourth-order valence-corrected chi connectivity index (χ4v) is 1.63. The fraction of sp³-hybridized carbons (Fsp3) is 0. The van der Waals surface area contributed by atoms with Crippen LogP contribution in [0.25, 0.3) is 0 Å². The molecule has 0 aliphatic carbocycles. The van der Waals surface area contributed by atoms with Gasteiger partial charge in [0.05, 0.1) is 11.4 Å². The van der Waals surface area contributed by atoms with E-state index in [0.29, 0.717) is 0 Å². The number of aromatic carboxylic acids is 1. The van der Waals surface area contributed by atoms with Crippen molar-refractivity contribution in [3.8, 4) is 0 Å². The number of hydrogen-bond acceptors (Lipinski definition) is 4. The van der Waals surface area contributed by atoms with Gasteiger partial charge in [0, 0.05) is 6.20 Å². The summed E-state index contributed by atoms with van der Waals surface area (Å²) < 4.78 is 13.5. The van der Waals surface area contributed by atoms with Gasteiger partial charge in [-0.25, -0.2) is 14.2 Å². The number of benzene rings is 1. The van der Waals surface area contributed by atoms with Crippen LogP contribution in [0.15, 0.2) is 36.5 Å². The van der Waals surface area contributed by atoms with Gasteiger partial charge in [-0.2, -0.15) is 0 Å². The molecule has 1 heterocycles. The van der Waals surface area contributed by atoms with Gasteiger partial charge in [0.25, 0.3) is 5.91 Å². The molecule has 0 aliphatic rings. The Morgan fingerprint density at radius 3 is 2.65 bits per heavy atom. The van der Waals surface area contributed by atoms with Gasteiger partial charge in [0.2, 0.25) is 0 Å². The Kier molecular flexibility index (Phi) is 3.60. The van der Waals surface area contributed by atoms with E-state index in [1.807, 2.05) is 0 Å². The maximum absolute atomic E-state index is 13.5. The van der Waals surface area contributed by atoms with Crippen LogP contribution in [0.2, 0.25) is 0 Å². The highest BCUT2D eigenvalue weighted by atomic mass is 19.1. The lowest BCUT2D eigenvalue weighted by Crippen LogP contribution is -2.18. The summed E-state index contributed by atoms with van der Waals surface area (Å²) in [6.07, 6.45) is 1.37. The summed E-state index contributed by atoms with van der Waals surface area (Å²) in [6, 6.07) is 6.60. The van der Waals surface area contributed by atoms with E-state index < -0.39 is 23.3 Å². The Morgan fingerprint density at radius 1 is 1.25 bits per heavy atom. The van der Waals surface area contributed by atoms with Crippen LogP contribution >= 0.6 is 0 Å². The second kappa shape index (κ2) is 5.35. The van der Waals surface area contributed by atoms with Crippen LogP contribution in [-0.2, 0) is 0 Å². The first-order valence-corrected chi connectivity index (χ1v) is 5.54. The molecule has 1 aromatic carbocycles. The predicted molar refractivity (Wildman–Crippen MR) is 70.0 cm³/mol. The molecule has 102 valence electrons. The number of anilines is 2. The van der Waals surface area contributed by atoms with Gasteiger partial charge in [-0.05, 0) is 24.3 Å². The Hall–Kier alpha value is -2.96. The molecule has 4 N–H and O–H groups in total. The summed E-state index contributed by atoms with van der Waals surface area (Å²) in [4.78, 5) is 26.7.